The standard InChI is InChI=1S/C15H30O6P2/c1-14(2)8-7-10-15(3)9-5-4-6-11-21-12-22(16,17)13-23(18,19)20/h8-9H,4-7,10-13H2,1-3H3,(H,16,17)(H2,18,19,20). The van der Waals surface area contributed by atoms with Crippen molar-refractivity contribution >= 4 is 15.0 Å². The van der Waals surface area contributed by atoms with E-state index < -0.39 is 27.2 Å². The Labute approximate surface area is 139 Å². The van der Waals surface area contributed by atoms with Crippen LogP contribution in [0.15, 0.2) is 23.3 Å². The third-order valence-corrected chi connectivity index (χ3v) is 6.85. The fourth-order valence-corrected chi connectivity index (χ4v) is 4.97. The average Bonchev–Trinajstić information content (AvgIpc) is 2.34. The molecule has 0 aromatic carbocycles. The molecule has 23 heavy (non-hydrogen) atoms. The summed E-state index contributed by atoms with van der Waals surface area (Å²) in [5, 5.41) is 0. The molecule has 0 heterocycles. The van der Waals surface area contributed by atoms with Crippen molar-refractivity contribution in [3.8, 4) is 0 Å². The lowest BCUT2D eigenvalue weighted by Gasteiger charge is -2.12. The number of allylic oxidation sites excluding steroid dienone is 4. The van der Waals surface area contributed by atoms with E-state index in [1.54, 1.807) is 0 Å². The molecule has 0 aromatic heterocycles. The van der Waals surface area contributed by atoms with Crippen LogP contribution in [0.4, 0.5) is 0 Å². The van der Waals surface area contributed by atoms with E-state index >= 15 is 0 Å². The summed E-state index contributed by atoms with van der Waals surface area (Å²) in [4.78, 5) is 26.7. The summed E-state index contributed by atoms with van der Waals surface area (Å²) in [6, 6.07) is 0. The number of unbranched alkanes of at least 4 members (excludes halogenated alkanes) is 2. The van der Waals surface area contributed by atoms with Gasteiger partial charge in [0.2, 0.25) is 7.37 Å². The summed E-state index contributed by atoms with van der Waals surface area (Å²) in [6.45, 7) is 6.60. The van der Waals surface area contributed by atoms with Crippen molar-refractivity contribution in [2.24, 2.45) is 0 Å². The van der Waals surface area contributed by atoms with Gasteiger partial charge in [-0.3, -0.25) is 9.13 Å². The predicted molar refractivity (Wildman–Crippen MR) is 93.8 cm³/mol. The van der Waals surface area contributed by atoms with E-state index in [9.17, 15) is 14.0 Å². The first-order chi connectivity index (χ1) is 10.5. The quantitative estimate of drug-likeness (QED) is 0.271. The first-order valence-corrected chi connectivity index (χ1v) is 11.6. The van der Waals surface area contributed by atoms with Gasteiger partial charge in [-0.1, -0.05) is 23.3 Å². The fourth-order valence-electron chi connectivity index (χ4n) is 1.92. The number of hydrogen-bond donors (Lipinski definition) is 3. The van der Waals surface area contributed by atoms with Gasteiger partial charge in [-0.15, -0.1) is 0 Å². The lowest BCUT2D eigenvalue weighted by atomic mass is 10.1. The molecule has 3 N–H and O–H groups in total. The molecule has 0 saturated heterocycles. The van der Waals surface area contributed by atoms with Gasteiger partial charge in [0.25, 0.3) is 0 Å². The Balaban J connectivity index is 3.75. The molecule has 0 aliphatic carbocycles. The molecule has 0 aliphatic heterocycles. The van der Waals surface area contributed by atoms with Crippen LogP contribution in [0.1, 0.15) is 52.9 Å². The van der Waals surface area contributed by atoms with E-state index in [4.69, 9.17) is 14.5 Å². The molecular weight excluding hydrogens is 338 g/mol. The molecule has 1 atom stereocenters. The van der Waals surface area contributed by atoms with Crippen molar-refractivity contribution in [2.75, 3.05) is 18.9 Å². The summed E-state index contributed by atoms with van der Waals surface area (Å²) in [7, 11) is -8.39. The molecular formula is C15H30O6P2. The molecule has 136 valence electrons. The van der Waals surface area contributed by atoms with E-state index in [1.807, 2.05) is 0 Å². The molecule has 8 heteroatoms. The average molecular weight is 368 g/mol. The minimum Gasteiger partial charge on any atom is -0.371 e. The summed E-state index contributed by atoms with van der Waals surface area (Å²) >= 11 is 0. The fraction of sp³-hybridized carbons (Fsp3) is 0.733. The molecule has 1 unspecified atom stereocenters. The molecule has 0 amide bonds. The molecule has 0 fully saturated rings. The van der Waals surface area contributed by atoms with Gasteiger partial charge >= 0.3 is 7.60 Å². The molecule has 6 nitrogen and oxygen atoms in total. The van der Waals surface area contributed by atoms with Gasteiger partial charge in [0.05, 0.1) is 0 Å². The molecule has 0 aliphatic rings. The largest absolute Gasteiger partial charge is 0.371 e. The Hall–Kier alpha value is -0.220. The van der Waals surface area contributed by atoms with Crippen molar-refractivity contribution in [3.63, 3.8) is 0 Å². The van der Waals surface area contributed by atoms with Crippen LogP contribution in [0.25, 0.3) is 0 Å². The van der Waals surface area contributed by atoms with Crippen molar-refractivity contribution in [2.45, 2.75) is 52.9 Å². The van der Waals surface area contributed by atoms with Gasteiger partial charge in [0.1, 0.15) is 12.3 Å². The van der Waals surface area contributed by atoms with Crippen LogP contribution in [0.2, 0.25) is 0 Å². The Bertz CT molecular complexity index is 488. The van der Waals surface area contributed by atoms with Gasteiger partial charge in [0.15, 0.2) is 0 Å². The van der Waals surface area contributed by atoms with E-state index in [0.717, 1.165) is 32.1 Å². The SMILES string of the molecule is CC(C)=CCCC(C)=CCCCCOCP(=O)(O)CP(=O)(O)O. The first-order valence-electron chi connectivity index (χ1n) is 7.74. The maximum atomic E-state index is 11.5. The minimum atomic E-state index is -4.49. The van der Waals surface area contributed by atoms with Gasteiger partial charge in [-0.2, -0.15) is 0 Å². The number of rotatable bonds is 12. The highest BCUT2D eigenvalue weighted by molar-refractivity contribution is 7.72. The Morgan fingerprint density at radius 1 is 1.00 bits per heavy atom. The van der Waals surface area contributed by atoms with Crippen molar-refractivity contribution in [3.05, 3.63) is 23.3 Å². The van der Waals surface area contributed by atoms with Crippen LogP contribution in [0, 0.1) is 0 Å². The van der Waals surface area contributed by atoms with Crippen LogP contribution >= 0.6 is 15.0 Å². The molecule has 0 rings (SSSR count). The predicted octanol–water partition coefficient (Wildman–Crippen LogP) is 4.23. The smallest absolute Gasteiger partial charge is 0.335 e. The van der Waals surface area contributed by atoms with E-state index in [0.29, 0.717) is 6.61 Å². The van der Waals surface area contributed by atoms with Crippen molar-refractivity contribution in [1.29, 1.82) is 0 Å². The van der Waals surface area contributed by atoms with Crippen LogP contribution in [0.3, 0.4) is 0 Å². The number of hydrogen-bond acceptors (Lipinski definition) is 3. The zero-order valence-electron chi connectivity index (χ0n) is 14.3. The van der Waals surface area contributed by atoms with Crippen LogP contribution < -0.4 is 0 Å². The van der Waals surface area contributed by atoms with Crippen LogP contribution in [0.5, 0.6) is 0 Å². The van der Waals surface area contributed by atoms with Crippen molar-refractivity contribution in [1.82, 2.24) is 0 Å². The Kier molecular flexibility index (Phi) is 11.2. The second-order valence-corrected chi connectivity index (χ2v) is 10.5. The minimum absolute atomic E-state index is 0.316. The molecule has 0 spiro atoms. The summed E-state index contributed by atoms with van der Waals surface area (Å²) in [6.07, 6.45) is 8.61. The Morgan fingerprint density at radius 2 is 1.65 bits per heavy atom. The summed E-state index contributed by atoms with van der Waals surface area (Å²) < 4.78 is 27.2. The number of ether oxygens (including phenoxy) is 1. The lowest BCUT2D eigenvalue weighted by molar-refractivity contribution is 0.164. The van der Waals surface area contributed by atoms with Crippen LogP contribution in [-0.4, -0.2) is 33.5 Å². The zero-order valence-corrected chi connectivity index (χ0v) is 16.1. The maximum absolute atomic E-state index is 11.5. The lowest BCUT2D eigenvalue weighted by Crippen LogP contribution is -2.01. The third kappa shape index (κ3) is 16.4. The molecule has 0 radical (unpaired) electrons. The second-order valence-electron chi connectivity index (χ2n) is 6.06. The highest BCUT2D eigenvalue weighted by Crippen LogP contribution is 2.54. The van der Waals surface area contributed by atoms with E-state index in [-0.39, 0.29) is 0 Å². The zero-order chi connectivity index (χ0) is 17.9. The third-order valence-electron chi connectivity index (χ3n) is 3.03. The molecule has 0 bridgehead atoms. The second kappa shape index (κ2) is 11.4. The van der Waals surface area contributed by atoms with Crippen LogP contribution in [-0.2, 0) is 13.9 Å². The van der Waals surface area contributed by atoms with Crippen molar-refractivity contribution < 1.29 is 28.5 Å². The summed E-state index contributed by atoms with van der Waals surface area (Å²) in [5.41, 5.74) is 2.68. The normalized spacial score (nSPS) is 15.3. The first kappa shape index (κ1) is 22.8. The molecule has 0 aromatic rings. The van der Waals surface area contributed by atoms with Gasteiger partial charge in [0, 0.05) is 6.61 Å². The Morgan fingerprint density at radius 3 is 2.22 bits per heavy atom. The maximum Gasteiger partial charge on any atom is 0.335 e. The highest BCUT2D eigenvalue weighted by Gasteiger charge is 2.29. The van der Waals surface area contributed by atoms with E-state index in [1.165, 1.54) is 11.1 Å². The monoisotopic (exact) mass is 368 g/mol. The van der Waals surface area contributed by atoms with Gasteiger partial charge < -0.3 is 19.4 Å². The highest BCUT2D eigenvalue weighted by atomic mass is 31.2. The van der Waals surface area contributed by atoms with E-state index in [2.05, 4.69) is 32.9 Å². The van der Waals surface area contributed by atoms with Gasteiger partial charge in [-0.05, 0) is 52.9 Å². The summed E-state index contributed by atoms with van der Waals surface area (Å²) in [5.74, 6) is -1.02. The van der Waals surface area contributed by atoms with Gasteiger partial charge in [-0.25, -0.2) is 0 Å². The molecule has 0 saturated carbocycles. The topological polar surface area (TPSA) is 104 Å².